The number of rotatable bonds is 13. The van der Waals surface area contributed by atoms with Gasteiger partial charge in [0.15, 0.2) is 0 Å². The van der Waals surface area contributed by atoms with E-state index in [9.17, 15) is 9.59 Å². The Kier molecular flexibility index (Phi) is 10.6. The van der Waals surface area contributed by atoms with Crippen molar-refractivity contribution in [1.29, 1.82) is 0 Å². The van der Waals surface area contributed by atoms with E-state index in [1.165, 1.54) is 32.1 Å². The molecule has 6 heteroatoms. The first-order valence-corrected chi connectivity index (χ1v) is 11.1. The number of ether oxygens (including phenoxy) is 1. The van der Waals surface area contributed by atoms with E-state index < -0.39 is 0 Å². The van der Waals surface area contributed by atoms with Gasteiger partial charge in [-0.1, -0.05) is 39.0 Å². The van der Waals surface area contributed by atoms with Crippen molar-refractivity contribution in [2.24, 2.45) is 5.92 Å². The molecule has 27 heavy (non-hydrogen) atoms. The lowest BCUT2D eigenvalue weighted by Gasteiger charge is -2.31. The van der Waals surface area contributed by atoms with Crippen LogP contribution in [0.1, 0.15) is 77.6 Å². The molecule has 1 heterocycles. The minimum Gasteiger partial charge on any atom is -0.381 e. The number of unbranched alkanes of at least 4 members (excludes halogenated alkanes) is 5. The summed E-state index contributed by atoms with van der Waals surface area (Å²) in [6.07, 6.45) is 12.3. The van der Waals surface area contributed by atoms with Gasteiger partial charge in [-0.2, -0.15) is 0 Å². The number of likely N-dealkylation sites (tertiary alicyclic amines) is 1. The molecule has 0 radical (unpaired) electrons. The number of piperidine rings is 1. The number of carbonyl (C=O) groups excluding carboxylic acids is 2. The maximum atomic E-state index is 12.2. The molecule has 2 N–H and O–H groups in total. The van der Waals surface area contributed by atoms with Gasteiger partial charge in [0, 0.05) is 44.8 Å². The Bertz CT molecular complexity index is 432. The molecular weight excluding hydrogens is 342 g/mol. The van der Waals surface area contributed by atoms with Gasteiger partial charge in [0.1, 0.15) is 0 Å². The second-order valence-corrected chi connectivity index (χ2v) is 8.01. The van der Waals surface area contributed by atoms with Crippen LogP contribution in [0.2, 0.25) is 0 Å². The van der Waals surface area contributed by atoms with Crippen molar-refractivity contribution in [2.45, 2.75) is 83.6 Å². The minimum absolute atomic E-state index is 0.00743. The van der Waals surface area contributed by atoms with Crippen molar-refractivity contribution >= 4 is 11.9 Å². The Morgan fingerprint density at radius 1 is 0.926 bits per heavy atom. The lowest BCUT2D eigenvalue weighted by atomic mass is 9.96. The van der Waals surface area contributed by atoms with Crippen LogP contribution in [0.25, 0.3) is 0 Å². The van der Waals surface area contributed by atoms with Gasteiger partial charge < -0.3 is 20.3 Å². The fourth-order valence-corrected chi connectivity index (χ4v) is 3.46. The van der Waals surface area contributed by atoms with Crippen LogP contribution in [0.15, 0.2) is 0 Å². The summed E-state index contributed by atoms with van der Waals surface area (Å²) in [5.41, 5.74) is 0. The van der Waals surface area contributed by atoms with E-state index in [-0.39, 0.29) is 17.9 Å². The van der Waals surface area contributed by atoms with Crippen LogP contribution in [-0.4, -0.2) is 55.7 Å². The molecule has 0 aromatic heterocycles. The summed E-state index contributed by atoms with van der Waals surface area (Å²) in [7, 11) is 0. The van der Waals surface area contributed by atoms with Gasteiger partial charge in [-0.15, -0.1) is 0 Å². The molecule has 0 aromatic carbocycles. The molecule has 0 unspecified atom stereocenters. The molecule has 3 amide bonds. The van der Waals surface area contributed by atoms with E-state index in [2.05, 4.69) is 17.6 Å². The number of hydrogen-bond donors (Lipinski definition) is 2. The van der Waals surface area contributed by atoms with Gasteiger partial charge >= 0.3 is 6.03 Å². The summed E-state index contributed by atoms with van der Waals surface area (Å²) >= 11 is 0. The van der Waals surface area contributed by atoms with Crippen LogP contribution in [0.5, 0.6) is 0 Å². The highest BCUT2D eigenvalue weighted by atomic mass is 16.5. The average molecular weight is 382 g/mol. The van der Waals surface area contributed by atoms with Crippen molar-refractivity contribution in [3.63, 3.8) is 0 Å². The van der Waals surface area contributed by atoms with Crippen LogP contribution in [0.4, 0.5) is 4.79 Å². The summed E-state index contributed by atoms with van der Waals surface area (Å²) in [6, 6.07) is 0.411. The first-order valence-electron chi connectivity index (χ1n) is 11.1. The molecule has 156 valence electrons. The number of amides is 3. The van der Waals surface area contributed by atoms with E-state index >= 15 is 0 Å². The zero-order chi connectivity index (χ0) is 19.3. The highest BCUT2D eigenvalue weighted by Gasteiger charge is 2.30. The Labute approximate surface area is 164 Å². The summed E-state index contributed by atoms with van der Waals surface area (Å²) in [4.78, 5) is 26.1. The summed E-state index contributed by atoms with van der Waals surface area (Å²) in [5, 5.41) is 6.04. The van der Waals surface area contributed by atoms with Crippen molar-refractivity contribution in [1.82, 2.24) is 15.5 Å². The Balaban J connectivity index is 1.41. The lowest BCUT2D eigenvalue weighted by Crippen LogP contribution is -2.47. The molecule has 0 spiro atoms. The third-order valence-corrected chi connectivity index (χ3v) is 5.46. The molecule has 0 aromatic rings. The van der Waals surface area contributed by atoms with Gasteiger partial charge in [0.25, 0.3) is 0 Å². The predicted octanol–water partition coefficient (Wildman–Crippen LogP) is 3.45. The molecule has 2 rings (SSSR count). The van der Waals surface area contributed by atoms with Crippen molar-refractivity contribution in [3.05, 3.63) is 0 Å². The third-order valence-electron chi connectivity index (χ3n) is 5.46. The van der Waals surface area contributed by atoms with Gasteiger partial charge in [0.05, 0.1) is 0 Å². The van der Waals surface area contributed by atoms with Gasteiger partial charge in [-0.3, -0.25) is 4.79 Å². The van der Waals surface area contributed by atoms with E-state index in [1.807, 2.05) is 4.90 Å². The molecular formula is C21H39N3O3. The van der Waals surface area contributed by atoms with Crippen molar-refractivity contribution < 1.29 is 14.3 Å². The molecule has 0 atom stereocenters. The van der Waals surface area contributed by atoms with Crippen LogP contribution >= 0.6 is 0 Å². The van der Waals surface area contributed by atoms with E-state index in [0.29, 0.717) is 32.3 Å². The predicted molar refractivity (Wildman–Crippen MR) is 108 cm³/mol. The highest BCUT2D eigenvalue weighted by Crippen LogP contribution is 2.22. The van der Waals surface area contributed by atoms with Gasteiger partial charge in [0.2, 0.25) is 5.91 Å². The van der Waals surface area contributed by atoms with E-state index in [0.717, 1.165) is 45.1 Å². The largest absolute Gasteiger partial charge is 0.381 e. The maximum absolute atomic E-state index is 12.2. The maximum Gasteiger partial charge on any atom is 0.317 e. The molecule has 0 bridgehead atoms. The first-order chi connectivity index (χ1) is 13.2. The standard InChI is InChI=1S/C21H39N3O3/c1-2-3-4-5-6-7-16-27-17-8-13-22-21(26)24-14-11-18(12-15-24)20(25)23-19-9-10-19/h18-19H,2-17H2,1H3,(H,22,26)(H,23,25). The number of hydrogen-bond acceptors (Lipinski definition) is 3. The smallest absolute Gasteiger partial charge is 0.317 e. The molecule has 1 saturated carbocycles. The molecule has 2 fully saturated rings. The second-order valence-electron chi connectivity index (χ2n) is 8.01. The Morgan fingerprint density at radius 2 is 1.59 bits per heavy atom. The molecule has 1 saturated heterocycles. The van der Waals surface area contributed by atoms with Gasteiger partial charge in [-0.05, 0) is 38.5 Å². The van der Waals surface area contributed by atoms with Gasteiger partial charge in [-0.25, -0.2) is 4.79 Å². The quantitative estimate of drug-likeness (QED) is 0.480. The molecule has 2 aliphatic rings. The SMILES string of the molecule is CCCCCCCCOCCCNC(=O)N1CCC(C(=O)NC2CC2)CC1. The van der Waals surface area contributed by atoms with Crippen LogP contribution < -0.4 is 10.6 Å². The first kappa shape index (κ1) is 22.0. The Morgan fingerprint density at radius 3 is 2.30 bits per heavy atom. The number of carbonyl (C=O) groups is 2. The fourth-order valence-electron chi connectivity index (χ4n) is 3.46. The van der Waals surface area contributed by atoms with Crippen LogP contribution in [0.3, 0.4) is 0 Å². The zero-order valence-corrected chi connectivity index (χ0v) is 17.1. The number of urea groups is 1. The average Bonchev–Trinajstić information content (AvgIpc) is 3.50. The van der Waals surface area contributed by atoms with E-state index in [1.54, 1.807) is 0 Å². The van der Waals surface area contributed by atoms with E-state index in [4.69, 9.17) is 4.74 Å². The highest BCUT2D eigenvalue weighted by molar-refractivity contribution is 5.80. The summed E-state index contributed by atoms with van der Waals surface area (Å²) in [6.45, 7) is 5.76. The molecule has 6 nitrogen and oxygen atoms in total. The van der Waals surface area contributed by atoms with Crippen LogP contribution in [0, 0.1) is 5.92 Å². The monoisotopic (exact) mass is 381 g/mol. The number of nitrogens with one attached hydrogen (secondary N) is 2. The number of nitrogens with zero attached hydrogens (tertiary/aromatic N) is 1. The topological polar surface area (TPSA) is 70.7 Å². The van der Waals surface area contributed by atoms with Crippen LogP contribution in [-0.2, 0) is 9.53 Å². The fraction of sp³-hybridized carbons (Fsp3) is 0.905. The van der Waals surface area contributed by atoms with Crippen molar-refractivity contribution in [2.75, 3.05) is 32.8 Å². The summed E-state index contributed by atoms with van der Waals surface area (Å²) in [5.74, 6) is 0.255. The lowest BCUT2D eigenvalue weighted by molar-refractivity contribution is -0.126. The minimum atomic E-state index is -0.00743. The summed E-state index contributed by atoms with van der Waals surface area (Å²) < 4.78 is 5.64. The molecule has 1 aliphatic carbocycles. The van der Waals surface area contributed by atoms with Crippen molar-refractivity contribution in [3.8, 4) is 0 Å². The zero-order valence-electron chi connectivity index (χ0n) is 17.1. The Hall–Kier alpha value is -1.30. The molecule has 1 aliphatic heterocycles. The third kappa shape index (κ3) is 9.45. The second kappa shape index (κ2) is 13.0. The normalized spacial score (nSPS) is 17.7.